The molecular weight excluding hydrogens is 418 g/mol. The second-order valence-corrected chi connectivity index (χ2v) is 8.63. The van der Waals surface area contributed by atoms with Crippen molar-refractivity contribution in [2.24, 2.45) is 5.92 Å². The Kier molecular flexibility index (Phi) is 6.44. The average Bonchev–Trinajstić information content (AvgIpc) is 3.48. The average molecular weight is 450 g/mol. The van der Waals surface area contributed by atoms with Crippen molar-refractivity contribution in [1.29, 1.82) is 0 Å². The van der Waals surface area contributed by atoms with Crippen LogP contribution in [-0.2, 0) is 4.74 Å². The van der Waals surface area contributed by atoms with Crippen molar-refractivity contribution < 1.29 is 13.9 Å². The lowest BCUT2D eigenvalue weighted by Crippen LogP contribution is -2.27. The van der Waals surface area contributed by atoms with Gasteiger partial charge in [0.2, 0.25) is 5.88 Å². The fraction of sp³-hybridized carbons (Fsp3) is 0.480. The van der Waals surface area contributed by atoms with Crippen LogP contribution >= 0.6 is 0 Å². The van der Waals surface area contributed by atoms with Crippen molar-refractivity contribution in [1.82, 2.24) is 19.6 Å². The highest BCUT2D eigenvalue weighted by molar-refractivity contribution is 5.91. The minimum Gasteiger partial charge on any atom is -0.476 e. The molecule has 0 aliphatic heterocycles. The highest BCUT2D eigenvalue weighted by Gasteiger charge is 2.18. The van der Waals surface area contributed by atoms with Crippen LogP contribution in [0.1, 0.15) is 39.0 Å². The molecule has 1 aliphatic carbocycles. The van der Waals surface area contributed by atoms with Crippen LogP contribution < -0.4 is 9.64 Å². The molecule has 4 aromatic rings. The Balaban J connectivity index is 1.44. The van der Waals surface area contributed by atoms with E-state index in [9.17, 15) is 0 Å². The number of furan rings is 1. The van der Waals surface area contributed by atoms with Crippen molar-refractivity contribution >= 4 is 22.4 Å². The molecule has 0 radical (unpaired) electrons. The fourth-order valence-electron chi connectivity index (χ4n) is 4.60. The largest absolute Gasteiger partial charge is 0.476 e. The Morgan fingerprint density at radius 2 is 2.03 bits per heavy atom. The summed E-state index contributed by atoms with van der Waals surface area (Å²) in [5.74, 6) is 2.83. The Hall–Kier alpha value is -3.13. The molecule has 1 aliphatic rings. The van der Waals surface area contributed by atoms with Crippen LogP contribution in [0.3, 0.4) is 0 Å². The van der Waals surface area contributed by atoms with Crippen LogP contribution in [0.25, 0.3) is 28.1 Å². The van der Waals surface area contributed by atoms with E-state index >= 15 is 0 Å². The van der Waals surface area contributed by atoms with Crippen LogP contribution in [0, 0.1) is 5.92 Å². The topological polar surface area (TPSA) is 77.9 Å². The minimum atomic E-state index is 0.613. The standard InChI is InChI=1S/C25H31N5O3/c1-3-29(13-14-31-2)25-19-15-22(33-21(19)11-12-26-25)20-16-27-23-9-10-24(28-30(20)23)32-17-18-7-5-4-6-8-18/h9-12,15-16,18H,3-8,13-14,17H2,1-2H3. The van der Waals surface area contributed by atoms with Gasteiger partial charge in [-0.05, 0) is 43.9 Å². The number of hydrogen-bond donors (Lipinski definition) is 0. The Bertz CT molecular complexity index is 1210. The van der Waals surface area contributed by atoms with Crippen LogP contribution in [0.5, 0.6) is 5.88 Å². The van der Waals surface area contributed by atoms with Crippen molar-refractivity contribution in [3.63, 3.8) is 0 Å². The maximum Gasteiger partial charge on any atom is 0.231 e. The van der Waals surface area contributed by atoms with Crippen LogP contribution in [0.2, 0.25) is 0 Å². The number of ether oxygens (including phenoxy) is 2. The summed E-state index contributed by atoms with van der Waals surface area (Å²) < 4.78 is 19.3. The number of methoxy groups -OCH3 is 1. The van der Waals surface area contributed by atoms with E-state index in [0.29, 0.717) is 24.2 Å². The van der Waals surface area contributed by atoms with E-state index in [-0.39, 0.29) is 0 Å². The lowest BCUT2D eigenvalue weighted by Gasteiger charge is -2.21. The number of hydrogen-bond acceptors (Lipinski definition) is 7. The number of likely N-dealkylation sites (N-methyl/N-ethyl adjacent to an activating group) is 1. The second-order valence-electron chi connectivity index (χ2n) is 8.63. The molecule has 8 nitrogen and oxygen atoms in total. The first kappa shape index (κ1) is 21.7. The molecule has 4 heterocycles. The molecule has 0 bridgehead atoms. The van der Waals surface area contributed by atoms with Gasteiger partial charge < -0.3 is 18.8 Å². The molecule has 4 aromatic heterocycles. The number of aromatic nitrogens is 4. The lowest BCUT2D eigenvalue weighted by molar-refractivity contribution is 0.201. The Morgan fingerprint density at radius 1 is 1.15 bits per heavy atom. The molecule has 174 valence electrons. The molecule has 0 spiro atoms. The van der Waals surface area contributed by atoms with Crippen LogP contribution in [0.4, 0.5) is 5.82 Å². The monoisotopic (exact) mass is 449 g/mol. The summed E-state index contributed by atoms with van der Waals surface area (Å²) in [5.41, 5.74) is 2.32. The molecule has 5 rings (SSSR count). The Morgan fingerprint density at radius 3 is 2.85 bits per heavy atom. The number of rotatable bonds is 9. The summed E-state index contributed by atoms with van der Waals surface area (Å²) in [6, 6.07) is 7.74. The number of anilines is 1. The summed E-state index contributed by atoms with van der Waals surface area (Å²) in [6.07, 6.45) is 10.0. The van der Waals surface area contributed by atoms with Crippen molar-refractivity contribution in [2.45, 2.75) is 39.0 Å². The van der Waals surface area contributed by atoms with E-state index in [2.05, 4.69) is 21.8 Å². The van der Waals surface area contributed by atoms with Crippen molar-refractivity contribution in [2.75, 3.05) is 38.3 Å². The third-order valence-electron chi connectivity index (χ3n) is 6.45. The maximum atomic E-state index is 6.22. The van der Waals surface area contributed by atoms with Crippen LogP contribution in [0.15, 0.2) is 41.1 Å². The predicted octanol–water partition coefficient (Wildman–Crippen LogP) is 4.97. The molecule has 1 fully saturated rings. The minimum absolute atomic E-state index is 0.613. The molecule has 0 atom stereocenters. The van der Waals surface area contributed by atoms with Gasteiger partial charge in [0.1, 0.15) is 17.1 Å². The van der Waals surface area contributed by atoms with Gasteiger partial charge in [-0.2, -0.15) is 0 Å². The van der Waals surface area contributed by atoms with E-state index < -0.39 is 0 Å². The third kappa shape index (κ3) is 4.53. The molecule has 0 aromatic carbocycles. The molecular formula is C25H31N5O3. The molecule has 0 unspecified atom stereocenters. The number of pyridine rings is 1. The summed E-state index contributed by atoms with van der Waals surface area (Å²) >= 11 is 0. The first-order valence-electron chi connectivity index (χ1n) is 11.9. The van der Waals surface area contributed by atoms with Gasteiger partial charge in [-0.15, -0.1) is 5.10 Å². The van der Waals surface area contributed by atoms with Crippen LogP contribution in [-0.4, -0.2) is 53.0 Å². The first-order valence-corrected chi connectivity index (χ1v) is 11.9. The zero-order chi connectivity index (χ0) is 22.6. The van der Waals surface area contributed by atoms with Gasteiger partial charge in [-0.3, -0.25) is 0 Å². The van der Waals surface area contributed by atoms with E-state index in [1.165, 1.54) is 32.1 Å². The summed E-state index contributed by atoms with van der Waals surface area (Å²) in [7, 11) is 1.71. The van der Waals surface area contributed by atoms with Gasteiger partial charge in [-0.1, -0.05) is 19.3 Å². The van der Waals surface area contributed by atoms with E-state index in [4.69, 9.17) is 19.0 Å². The normalized spacial score (nSPS) is 14.8. The summed E-state index contributed by atoms with van der Waals surface area (Å²) in [6.45, 7) is 5.06. The van der Waals surface area contributed by atoms with Crippen molar-refractivity contribution in [3.8, 4) is 17.3 Å². The van der Waals surface area contributed by atoms with Gasteiger partial charge >= 0.3 is 0 Å². The SMILES string of the molecule is CCN(CCOC)c1nccc2oc(-c3cnc4ccc(OCC5CCCCC5)nn34)cc12. The second kappa shape index (κ2) is 9.79. The maximum absolute atomic E-state index is 6.22. The van der Waals surface area contributed by atoms with Gasteiger partial charge in [0.05, 0.1) is 24.8 Å². The zero-order valence-corrected chi connectivity index (χ0v) is 19.4. The molecule has 0 N–H and O–H groups in total. The molecule has 0 saturated heterocycles. The first-order chi connectivity index (χ1) is 16.3. The molecule has 0 amide bonds. The number of imidazole rings is 1. The zero-order valence-electron chi connectivity index (χ0n) is 19.4. The highest BCUT2D eigenvalue weighted by atomic mass is 16.5. The smallest absolute Gasteiger partial charge is 0.231 e. The third-order valence-corrected chi connectivity index (χ3v) is 6.45. The van der Waals surface area contributed by atoms with Gasteiger partial charge in [0, 0.05) is 32.5 Å². The number of fused-ring (bicyclic) bond motifs is 2. The Labute approximate surface area is 193 Å². The fourth-order valence-corrected chi connectivity index (χ4v) is 4.60. The van der Waals surface area contributed by atoms with Crippen molar-refractivity contribution in [3.05, 3.63) is 36.7 Å². The van der Waals surface area contributed by atoms with Gasteiger partial charge in [-0.25, -0.2) is 14.5 Å². The summed E-state index contributed by atoms with van der Waals surface area (Å²) in [5, 5.41) is 5.67. The quantitative estimate of drug-likeness (QED) is 0.357. The summed E-state index contributed by atoms with van der Waals surface area (Å²) in [4.78, 5) is 11.3. The molecule has 33 heavy (non-hydrogen) atoms. The number of nitrogens with zero attached hydrogens (tertiary/aromatic N) is 5. The predicted molar refractivity (Wildman–Crippen MR) is 128 cm³/mol. The van der Waals surface area contributed by atoms with E-state index in [1.54, 1.807) is 24.0 Å². The van der Waals surface area contributed by atoms with E-state index in [0.717, 1.165) is 47.8 Å². The van der Waals surface area contributed by atoms with Gasteiger partial charge in [0.25, 0.3) is 0 Å². The molecule has 1 saturated carbocycles. The lowest BCUT2D eigenvalue weighted by atomic mass is 9.90. The highest BCUT2D eigenvalue weighted by Crippen LogP contribution is 2.33. The van der Waals surface area contributed by atoms with E-state index in [1.807, 2.05) is 24.3 Å². The molecule has 8 heteroatoms. The van der Waals surface area contributed by atoms with Gasteiger partial charge in [0.15, 0.2) is 11.4 Å².